The minimum atomic E-state index is -0.825. The van der Waals surface area contributed by atoms with Crippen molar-refractivity contribution in [1.29, 1.82) is 0 Å². The van der Waals surface area contributed by atoms with E-state index in [1.165, 1.54) is 24.2 Å². The molecule has 6 nitrogen and oxygen atoms in total. The van der Waals surface area contributed by atoms with Gasteiger partial charge in [-0.15, -0.1) is 0 Å². The number of nitrogens with two attached hydrogens (primary N) is 1. The fourth-order valence-corrected chi connectivity index (χ4v) is 4.00. The third-order valence-corrected chi connectivity index (χ3v) is 5.20. The summed E-state index contributed by atoms with van der Waals surface area (Å²) in [5.41, 5.74) is 5.53. The lowest BCUT2D eigenvalue weighted by molar-refractivity contribution is 0.101. The molecular formula is C17H16ClF2N5OS. The molecule has 0 saturated heterocycles. The Labute approximate surface area is 163 Å². The topological polar surface area (TPSA) is 93.3 Å². The average Bonchev–Trinajstić information content (AvgIpc) is 2.61. The minimum absolute atomic E-state index is 0.0937. The number of alkyl halides is 1. The fourth-order valence-electron chi connectivity index (χ4n) is 2.79. The van der Waals surface area contributed by atoms with Gasteiger partial charge in [-0.05, 0) is 31.5 Å². The summed E-state index contributed by atoms with van der Waals surface area (Å²) in [5.74, 6) is -1.55. The largest absolute Gasteiger partial charge is 0.379 e. The van der Waals surface area contributed by atoms with Crippen molar-refractivity contribution in [1.82, 2.24) is 9.97 Å². The van der Waals surface area contributed by atoms with Crippen LogP contribution in [0.15, 0.2) is 35.6 Å². The molecule has 0 radical (unpaired) electrons. The van der Waals surface area contributed by atoms with Gasteiger partial charge in [-0.25, -0.2) is 18.8 Å². The van der Waals surface area contributed by atoms with E-state index in [1.807, 2.05) is 0 Å². The van der Waals surface area contributed by atoms with Gasteiger partial charge in [0.25, 0.3) is 5.91 Å². The fraction of sp³-hybridized carbons (Fsp3) is 0.294. The molecule has 3 N–H and O–H groups in total. The van der Waals surface area contributed by atoms with E-state index in [0.717, 1.165) is 6.07 Å². The van der Waals surface area contributed by atoms with Crippen molar-refractivity contribution in [3.8, 4) is 0 Å². The molecular weight excluding hydrogens is 396 g/mol. The maximum absolute atomic E-state index is 13.9. The molecule has 1 amide bonds. The van der Waals surface area contributed by atoms with E-state index in [9.17, 15) is 13.6 Å². The number of amides is 1. The predicted octanol–water partition coefficient (Wildman–Crippen LogP) is 3.53. The van der Waals surface area contributed by atoms with Crippen LogP contribution in [0, 0.1) is 5.82 Å². The van der Waals surface area contributed by atoms with Crippen LogP contribution < -0.4 is 11.1 Å². The van der Waals surface area contributed by atoms with Gasteiger partial charge in [0, 0.05) is 23.3 Å². The second kappa shape index (κ2) is 7.77. The van der Waals surface area contributed by atoms with Gasteiger partial charge in [0.15, 0.2) is 16.7 Å². The first kappa shape index (κ1) is 19.5. The van der Waals surface area contributed by atoms with Gasteiger partial charge in [-0.2, -0.15) is 0 Å². The second-order valence-electron chi connectivity index (χ2n) is 6.19. The van der Waals surface area contributed by atoms with Gasteiger partial charge in [-0.3, -0.25) is 9.78 Å². The van der Waals surface area contributed by atoms with E-state index in [1.54, 1.807) is 19.1 Å². The Balaban J connectivity index is 1.85. The van der Waals surface area contributed by atoms with Crippen molar-refractivity contribution in [2.75, 3.05) is 12.0 Å². The lowest BCUT2D eigenvalue weighted by atomic mass is 9.91. The zero-order valence-corrected chi connectivity index (χ0v) is 15.8. The van der Waals surface area contributed by atoms with E-state index >= 15 is 0 Å². The van der Waals surface area contributed by atoms with Crippen LogP contribution in [-0.2, 0) is 5.54 Å². The van der Waals surface area contributed by atoms with Gasteiger partial charge in [-0.1, -0.05) is 23.4 Å². The lowest BCUT2D eigenvalue weighted by Crippen LogP contribution is -2.35. The molecule has 142 valence electrons. The number of aromatic nitrogens is 2. The number of hydrogen-bond acceptors (Lipinski definition) is 6. The lowest BCUT2D eigenvalue weighted by Gasteiger charge is -2.32. The smallest absolute Gasteiger partial charge is 0.277 e. The molecule has 3 rings (SSSR count). The number of aliphatic imine (C=N–C) groups is 1. The minimum Gasteiger partial charge on any atom is -0.379 e. The Morgan fingerprint density at radius 3 is 2.96 bits per heavy atom. The summed E-state index contributed by atoms with van der Waals surface area (Å²) in [4.78, 5) is 24.7. The van der Waals surface area contributed by atoms with Crippen molar-refractivity contribution in [3.05, 3.63) is 52.8 Å². The first-order chi connectivity index (χ1) is 12.8. The molecule has 0 unspecified atom stereocenters. The van der Waals surface area contributed by atoms with Gasteiger partial charge >= 0.3 is 0 Å². The number of rotatable bonds is 4. The van der Waals surface area contributed by atoms with Crippen LogP contribution >= 0.6 is 23.4 Å². The van der Waals surface area contributed by atoms with Crippen LogP contribution in [-0.4, -0.2) is 33.0 Å². The highest BCUT2D eigenvalue weighted by Crippen LogP contribution is 2.38. The number of nitrogens with one attached hydrogen (secondary N) is 1. The third kappa shape index (κ3) is 4.36. The zero-order valence-electron chi connectivity index (χ0n) is 14.2. The molecule has 1 aliphatic heterocycles. The molecule has 27 heavy (non-hydrogen) atoms. The van der Waals surface area contributed by atoms with Crippen LogP contribution in [0.3, 0.4) is 0 Å². The van der Waals surface area contributed by atoms with Crippen LogP contribution in [0.1, 0.15) is 29.5 Å². The number of pyridine rings is 2. The van der Waals surface area contributed by atoms with E-state index in [2.05, 4.69) is 20.3 Å². The summed E-state index contributed by atoms with van der Waals surface area (Å²) in [5, 5.41) is 2.63. The van der Waals surface area contributed by atoms with Crippen molar-refractivity contribution < 1.29 is 13.6 Å². The second-order valence-corrected chi connectivity index (χ2v) is 7.95. The molecule has 3 heterocycles. The van der Waals surface area contributed by atoms with Crippen molar-refractivity contribution >= 4 is 40.1 Å². The van der Waals surface area contributed by atoms with Crippen LogP contribution in [0.5, 0.6) is 0 Å². The summed E-state index contributed by atoms with van der Waals surface area (Å²) < 4.78 is 27.0. The quantitative estimate of drug-likeness (QED) is 0.802. The number of nitrogens with zero attached hydrogens (tertiary/aromatic N) is 3. The number of amidine groups is 1. The molecule has 1 aliphatic rings. The molecule has 0 aliphatic carbocycles. The molecule has 0 bridgehead atoms. The molecule has 0 spiro atoms. The summed E-state index contributed by atoms with van der Waals surface area (Å²) in [6.07, 6.45) is 3.08. The Bertz CT molecular complexity index is 913. The molecule has 2 atom stereocenters. The molecule has 2 aromatic heterocycles. The maximum Gasteiger partial charge on any atom is 0.277 e. The van der Waals surface area contributed by atoms with E-state index < -0.39 is 23.9 Å². The van der Waals surface area contributed by atoms with Crippen LogP contribution in [0.25, 0.3) is 0 Å². The number of anilines is 1. The normalized spacial score (nSPS) is 22.2. The number of halogens is 3. The summed E-state index contributed by atoms with van der Waals surface area (Å²) in [6, 6.07) is 4.17. The van der Waals surface area contributed by atoms with E-state index in [-0.39, 0.29) is 21.1 Å². The monoisotopic (exact) mass is 411 g/mol. The number of thioether (sulfide) groups is 1. The molecule has 2 aromatic rings. The Kier molecular flexibility index (Phi) is 5.61. The Morgan fingerprint density at radius 2 is 2.26 bits per heavy atom. The molecule has 0 aromatic carbocycles. The first-order valence-electron chi connectivity index (χ1n) is 7.97. The summed E-state index contributed by atoms with van der Waals surface area (Å²) >= 11 is 6.84. The number of carbonyl (C=O) groups is 1. The standard InChI is InChI=1S/C17H16ClF2N5OS/c1-17(6-11(7-19)27-16(21)25-17)13-5-10(2-3-22-13)24-15(26)14-12(20)4-9(18)8-23-14/h2-5,8,11H,6-7H2,1H3,(H2,21,25)(H,22,24,26)/t11-,17-/m0/s1. The summed E-state index contributed by atoms with van der Waals surface area (Å²) in [7, 11) is 0. The zero-order chi connectivity index (χ0) is 19.6. The van der Waals surface area contributed by atoms with E-state index in [0.29, 0.717) is 17.8 Å². The maximum atomic E-state index is 13.9. The van der Waals surface area contributed by atoms with Crippen LogP contribution in [0.4, 0.5) is 14.5 Å². The Hall–Kier alpha value is -2.26. The van der Waals surface area contributed by atoms with Crippen LogP contribution in [0.2, 0.25) is 5.02 Å². The predicted molar refractivity (Wildman–Crippen MR) is 102 cm³/mol. The molecule has 0 fully saturated rings. The first-order valence-corrected chi connectivity index (χ1v) is 9.23. The Morgan fingerprint density at radius 1 is 1.48 bits per heavy atom. The summed E-state index contributed by atoms with van der Waals surface area (Å²) in [6.45, 7) is 1.27. The number of hydrogen-bond donors (Lipinski definition) is 2. The van der Waals surface area contributed by atoms with Gasteiger partial charge in [0.05, 0.1) is 10.7 Å². The van der Waals surface area contributed by atoms with Crippen molar-refractivity contribution in [2.24, 2.45) is 10.7 Å². The van der Waals surface area contributed by atoms with Crippen molar-refractivity contribution in [2.45, 2.75) is 24.1 Å². The molecule has 10 heteroatoms. The average molecular weight is 412 g/mol. The van der Waals surface area contributed by atoms with Gasteiger partial charge in [0.1, 0.15) is 12.2 Å². The highest BCUT2D eigenvalue weighted by molar-refractivity contribution is 8.14. The van der Waals surface area contributed by atoms with Crippen molar-refractivity contribution in [3.63, 3.8) is 0 Å². The molecule has 0 saturated carbocycles. The van der Waals surface area contributed by atoms with Gasteiger partial charge in [0.2, 0.25) is 0 Å². The number of carbonyl (C=O) groups excluding carboxylic acids is 1. The highest BCUT2D eigenvalue weighted by Gasteiger charge is 2.36. The SMILES string of the molecule is C[C@@]1(c2cc(NC(=O)c3ncc(Cl)cc3F)ccn2)C[C@@H](CF)SC(N)=N1. The van der Waals surface area contributed by atoms with E-state index in [4.69, 9.17) is 17.3 Å². The highest BCUT2D eigenvalue weighted by atomic mass is 35.5. The third-order valence-electron chi connectivity index (χ3n) is 4.03. The van der Waals surface area contributed by atoms with Gasteiger partial charge < -0.3 is 11.1 Å².